The fraction of sp³-hybridized carbons (Fsp3) is 0.333. The van der Waals surface area contributed by atoms with E-state index in [0.29, 0.717) is 17.4 Å². The molecule has 82 valence electrons. The van der Waals surface area contributed by atoms with Crippen LogP contribution in [0, 0.1) is 0 Å². The van der Waals surface area contributed by atoms with Crippen LogP contribution >= 0.6 is 11.6 Å². The molecule has 6 heteroatoms. The van der Waals surface area contributed by atoms with E-state index in [4.69, 9.17) is 26.4 Å². The van der Waals surface area contributed by atoms with Crippen molar-refractivity contribution in [2.24, 2.45) is 0 Å². The summed E-state index contributed by atoms with van der Waals surface area (Å²) in [4.78, 5) is 0. The molecule has 0 aliphatic heterocycles. The minimum Gasteiger partial charge on any atom is -0.512 e. The van der Waals surface area contributed by atoms with Crippen LogP contribution < -0.4 is 9.39 Å². The number of ether oxygens (including phenoxy) is 1. The summed E-state index contributed by atoms with van der Waals surface area (Å²) >= 11 is 5.88. The average Bonchev–Trinajstić information content (AvgIpc) is 2.15. The van der Waals surface area contributed by atoms with Crippen molar-refractivity contribution in [2.75, 3.05) is 6.61 Å². The molecule has 0 saturated carbocycles. The van der Waals surface area contributed by atoms with E-state index in [2.05, 4.69) is 4.65 Å². The Hall–Kier alpha value is -0.905. The molecule has 2 N–H and O–H groups in total. The molecule has 0 bridgehead atoms. The molecule has 0 fully saturated rings. The lowest BCUT2D eigenvalue weighted by Crippen LogP contribution is -2.20. The summed E-state index contributed by atoms with van der Waals surface area (Å²) in [5.74, 6) is 0.831. The quantitative estimate of drug-likeness (QED) is 0.752. The molecule has 0 saturated heterocycles. The molecular weight excluding hydrogens is 218 g/mol. The second-order valence-corrected chi connectivity index (χ2v) is 3.29. The highest BCUT2D eigenvalue weighted by Gasteiger charge is 2.12. The molecule has 0 aromatic heterocycles. The van der Waals surface area contributed by atoms with Crippen LogP contribution in [0.1, 0.15) is 13.3 Å². The van der Waals surface area contributed by atoms with Crippen molar-refractivity contribution in [1.82, 2.24) is 0 Å². The van der Waals surface area contributed by atoms with E-state index >= 15 is 0 Å². The van der Waals surface area contributed by atoms with Crippen molar-refractivity contribution in [2.45, 2.75) is 13.3 Å². The summed E-state index contributed by atoms with van der Waals surface area (Å²) in [6.45, 7) is 2.58. The molecule has 1 aromatic rings. The molecule has 4 nitrogen and oxygen atoms in total. The van der Waals surface area contributed by atoms with Crippen molar-refractivity contribution in [1.29, 1.82) is 0 Å². The molecule has 0 aliphatic carbocycles. The summed E-state index contributed by atoms with van der Waals surface area (Å²) in [6, 6.07) is 4.64. The molecule has 0 spiro atoms. The maximum Gasteiger partial charge on any atom is 0.707 e. The van der Waals surface area contributed by atoms with Crippen LogP contribution in [-0.2, 0) is 0 Å². The summed E-state index contributed by atoms with van der Waals surface area (Å²) in [5, 5.41) is 17.5. The largest absolute Gasteiger partial charge is 0.707 e. The highest BCUT2D eigenvalue weighted by molar-refractivity contribution is 6.34. The highest BCUT2D eigenvalue weighted by Crippen LogP contribution is 2.28. The van der Waals surface area contributed by atoms with Gasteiger partial charge in [-0.1, -0.05) is 18.5 Å². The van der Waals surface area contributed by atoms with Gasteiger partial charge < -0.3 is 19.4 Å². The third-order valence-electron chi connectivity index (χ3n) is 1.61. The second kappa shape index (κ2) is 5.85. The first kappa shape index (κ1) is 12.2. The molecule has 0 radical (unpaired) electrons. The van der Waals surface area contributed by atoms with E-state index in [-0.39, 0.29) is 5.75 Å². The maximum absolute atomic E-state index is 8.57. The zero-order valence-corrected chi connectivity index (χ0v) is 9.07. The highest BCUT2D eigenvalue weighted by atomic mass is 35.5. The predicted octanol–water partition coefficient (Wildman–Crippen LogP) is 1.48. The van der Waals surface area contributed by atoms with E-state index in [1.165, 1.54) is 6.07 Å². The third kappa shape index (κ3) is 3.99. The summed E-state index contributed by atoms with van der Waals surface area (Å²) in [7, 11) is -1.84. The maximum atomic E-state index is 8.57. The fourth-order valence-electron chi connectivity index (χ4n) is 1.01. The van der Waals surface area contributed by atoms with Crippen LogP contribution in [0.4, 0.5) is 0 Å². The topological polar surface area (TPSA) is 58.9 Å². The lowest BCUT2D eigenvalue weighted by atomic mass is 10.2. The number of hydrogen-bond donors (Lipinski definition) is 2. The lowest BCUT2D eigenvalue weighted by Gasteiger charge is -2.09. The van der Waals surface area contributed by atoms with E-state index in [9.17, 15) is 0 Å². The monoisotopic (exact) mass is 230 g/mol. The Morgan fingerprint density at radius 2 is 2.13 bits per heavy atom. The minimum absolute atomic E-state index is 0.277. The number of halogens is 1. The van der Waals surface area contributed by atoms with Gasteiger partial charge in [-0.25, -0.2) is 0 Å². The molecule has 1 rings (SSSR count). The summed E-state index contributed by atoms with van der Waals surface area (Å²) in [6.07, 6.45) is 0.893. The molecule has 0 unspecified atom stereocenters. The van der Waals surface area contributed by atoms with E-state index in [1.807, 2.05) is 6.92 Å². The van der Waals surface area contributed by atoms with Gasteiger partial charge in [0.15, 0.2) is 0 Å². The Balaban J connectivity index is 2.69. The smallest absolute Gasteiger partial charge is 0.512 e. The predicted molar refractivity (Wildman–Crippen MR) is 58.1 cm³/mol. The minimum atomic E-state index is -1.84. The van der Waals surface area contributed by atoms with Crippen molar-refractivity contribution >= 4 is 18.9 Å². The Labute approximate surface area is 93.6 Å². The molecule has 0 atom stereocenters. The third-order valence-corrected chi connectivity index (χ3v) is 1.90. The first-order valence-electron chi connectivity index (χ1n) is 4.58. The zero-order valence-electron chi connectivity index (χ0n) is 8.31. The van der Waals surface area contributed by atoms with Crippen LogP contribution in [-0.4, -0.2) is 24.0 Å². The van der Waals surface area contributed by atoms with Crippen molar-refractivity contribution in [3.63, 3.8) is 0 Å². The van der Waals surface area contributed by atoms with Gasteiger partial charge in [-0.2, -0.15) is 0 Å². The van der Waals surface area contributed by atoms with E-state index in [0.717, 1.165) is 6.42 Å². The average molecular weight is 230 g/mol. The van der Waals surface area contributed by atoms with Crippen molar-refractivity contribution < 1.29 is 19.4 Å². The number of rotatable bonds is 5. The van der Waals surface area contributed by atoms with Crippen LogP contribution in [0.15, 0.2) is 18.2 Å². The number of benzene rings is 1. The van der Waals surface area contributed by atoms with Crippen LogP contribution in [0.2, 0.25) is 5.02 Å². The van der Waals surface area contributed by atoms with E-state index < -0.39 is 7.32 Å². The normalized spacial score (nSPS) is 9.87. The van der Waals surface area contributed by atoms with Gasteiger partial charge in [-0.3, -0.25) is 0 Å². The SMILES string of the molecule is CCCOc1ccc(OB(O)O)cc1Cl. The molecule has 15 heavy (non-hydrogen) atoms. The van der Waals surface area contributed by atoms with Crippen LogP contribution in [0.3, 0.4) is 0 Å². The van der Waals surface area contributed by atoms with Crippen LogP contribution in [0.5, 0.6) is 11.5 Å². The van der Waals surface area contributed by atoms with Gasteiger partial charge in [0.05, 0.1) is 11.6 Å². The Kier molecular flexibility index (Phi) is 4.75. The Morgan fingerprint density at radius 1 is 1.40 bits per heavy atom. The molecular formula is C9H12BClO4. The second-order valence-electron chi connectivity index (χ2n) is 2.88. The van der Waals surface area contributed by atoms with Gasteiger partial charge in [0.2, 0.25) is 0 Å². The standard InChI is InChI=1S/C9H12BClO4/c1-2-5-14-9-4-3-7(6-8(9)11)15-10(12)13/h3-4,6,12-13H,2,5H2,1H3. The van der Waals surface area contributed by atoms with Gasteiger partial charge in [-0.15, -0.1) is 0 Å². The van der Waals surface area contributed by atoms with Crippen molar-refractivity contribution in [3.05, 3.63) is 23.2 Å². The first-order chi connectivity index (χ1) is 7.13. The first-order valence-corrected chi connectivity index (χ1v) is 4.96. The molecule has 0 heterocycles. The molecule has 0 aliphatic rings. The van der Waals surface area contributed by atoms with Gasteiger partial charge in [0, 0.05) is 6.07 Å². The Morgan fingerprint density at radius 3 is 2.67 bits per heavy atom. The Bertz CT molecular complexity index is 319. The fourth-order valence-corrected chi connectivity index (χ4v) is 1.23. The lowest BCUT2D eigenvalue weighted by molar-refractivity contribution is 0.287. The zero-order chi connectivity index (χ0) is 11.3. The van der Waals surface area contributed by atoms with Gasteiger partial charge >= 0.3 is 7.32 Å². The van der Waals surface area contributed by atoms with Gasteiger partial charge in [-0.05, 0) is 18.6 Å². The van der Waals surface area contributed by atoms with E-state index in [1.54, 1.807) is 12.1 Å². The van der Waals surface area contributed by atoms with Crippen LogP contribution in [0.25, 0.3) is 0 Å². The summed E-state index contributed by atoms with van der Waals surface area (Å²) in [5.41, 5.74) is 0. The summed E-state index contributed by atoms with van der Waals surface area (Å²) < 4.78 is 9.96. The van der Waals surface area contributed by atoms with Crippen molar-refractivity contribution in [3.8, 4) is 11.5 Å². The van der Waals surface area contributed by atoms with Gasteiger partial charge in [0.1, 0.15) is 11.5 Å². The number of hydrogen-bond acceptors (Lipinski definition) is 4. The van der Waals surface area contributed by atoms with Gasteiger partial charge in [0.25, 0.3) is 0 Å². The molecule has 1 aromatic carbocycles. The molecule has 0 amide bonds.